The molecule has 0 heterocycles. The minimum atomic E-state index is -4.99. The minimum absolute atomic E-state index is 0.0790. The van der Waals surface area contributed by atoms with Gasteiger partial charge < -0.3 is 0 Å². The van der Waals surface area contributed by atoms with Gasteiger partial charge in [0.2, 0.25) is 11.6 Å². The monoisotopic (exact) mass is 682 g/mol. The fraction of sp³-hybridized carbons (Fsp3) is 0.0588. The van der Waals surface area contributed by atoms with Gasteiger partial charge in [0.05, 0.1) is 11.4 Å². The molecular formula is C34H26N4O8S2. The number of nitrogens with zero attached hydrogens (tertiary/aromatic N) is 2. The molecule has 14 heteroatoms. The second-order valence-corrected chi connectivity index (χ2v) is 13.8. The molecule has 0 spiro atoms. The standard InChI is InChI=1S/C34H26N4O8S2/c1-19-15-25(31(47(41,42)43)17-27(19)35-37-33-23-9-5-3-7-21(23)11-13-29(33)39)26-16-20(2)28(18-32(26)48(44,45)46)36-38-34-24-10-6-4-8-22(24)12-14-30(34)40/h3-18,35-36H,1-2H3,(H,41,42,43)(H,44,45,46)/b37-33-,38-34+. The van der Waals surface area contributed by atoms with Crippen LogP contribution in [0.3, 0.4) is 0 Å². The highest BCUT2D eigenvalue weighted by Gasteiger charge is 2.27. The number of carbonyl (C=O) groups is 2. The third kappa shape index (κ3) is 6.24. The third-order valence-corrected chi connectivity index (χ3v) is 9.59. The number of aryl methyl sites for hydroxylation is 2. The summed E-state index contributed by atoms with van der Waals surface area (Å²) < 4.78 is 71.2. The van der Waals surface area contributed by atoms with Gasteiger partial charge in [-0.15, -0.1) is 0 Å². The topological polar surface area (TPSA) is 192 Å². The van der Waals surface area contributed by atoms with Crippen molar-refractivity contribution in [2.45, 2.75) is 23.6 Å². The van der Waals surface area contributed by atoms with Gasteiger partial charge in [-0.25, -0.2) is 0 Å². The molecule has 12 nitrogen and oxygen atoms in total. The Morgan fingerprint density at radius 2 is 0.917 bits per heavy atom. The van der Waals surface area contributed by atoms with Gasteiger partial charge in [-0.1, -0.05) is 60.7 Å². The fourth-order valence-corrected chi connectivity index (χ4v) is 6.83. The van der Waals surface area contributed by atoms with Gasteiger partial charge in [-0.3, -0.25) is 29.5 Å². The van der Waals surface area contributed by atoms with Crippen LogP contribution in [0.2, 0.25) is 0 Å². The van der Waals surface area contributed by atoms with E-state index >= 15 is 0 Å². The lowest BCUT2D eigenvalue weighted by atomic mass is 9.95. The van der Waals surface area contributed by atoms with Gasteiger partial charge in [0.25, 0.3) is 20.2 Å². The summed E-state index contributed by atoms with van der Waals surface area (Å²) in [7, 11) is -9.98. The number of carbonyl (C=O) groups excluding carboxylic acids is 2. The van der Waals surface area contributed by atoms with Gasteiger partial charge in [-0.05, 0) is 72.5 Å². The zero-order chi connectivity index (χ0) is 34.4. The van der Waals surface area contributed by atoms with E-state index in [4.69, 9.17) is 0 Å². The molecule has 0 unspecified atom stereocenters. The van der Waals surface area contributed by atoms with Crippen LogP contribution in [0, 0.1) is 13.8 Å². The maximum Gasteiger partial charge on any atom is 0.295 e. The summed E-state index contributed by atoms with van der Waals surface area (Å²) in [6, 6.07) is 18.9. The summed E-state index contributed by atoms with van der Waals surface area (Å²) in [6.45, 7) is 3.16. The molecule has 0 saturated carbocycles. The first kappa shape index (κ1) is 32.4. The van der Waals surface area contributed by atoms with Crippen molar-refractivity contribution in [2.24, 2.45) is 10.2 Å². The number of hydrogen-bond donors (Lipinski definition) is 4. The molecule has 0 saturated heterocycles. The van der Waals surface area contributed by atoms with Crippen LogP contribution >= 0.6 is 0 Å². The van der Waals surface area contributed by atoms with Crippen LogP contribution in [0.1, 0.15) is 33.4 Å². The van der Waals surface area contributed by atoms with E-state index in [1.165, 1.54) is 24.3 Å². The molecule has 6 rings (SSSR count). The number of hydrogen-bond acceptors (Lipinski definition) is 10. The molecule has 0 atom stereocenters. The molecule has 2 aliphatic rings. The zero-order valence-electron chi connectivity index (χ0n) is 25.3. The lowest BCUT2D eigenvalue weighted by Gasteiger charge is -2.18. The number of benzene rings is 4. The number of anilines is 2. The Balaban J connectivity index is 1.43. The van der Waals surface area contributed by atoms with Crippen molar-refractivity contribution in [3.8, 4) is 11.1 Å². The van der Waals surface area contributed by atoms with Crippen LogP contribution in [0.15, 0.2) is 105 Å². The van der Waals surface area contributed by atoms with Crippen molar-refractivity contribution in [1.82, 2.24) is 0 Å². The Morgan fingerprint density at radius 3 is 1.29 bits per heavy atom. The van der Waals surface area contributed by atoms with Crippen molar-refractivity contribution in [2.75, 3.05) is 10.9 Å². The van der Waals surface area contributed by atoms with Crippen molar-refractivity contribution in [3.63, 3.8) is 0 Å². The molecule has 0 aromatic heterocycles. The Labute approximate surface area is 275 Å². The van der Waals surface area contributed by atoms with Crippen molar-refractivity contribution in [1.29, 1.82) is 0 Å². The van der Waals surface area contributed by atoms with E-state index in [0.29, 0.717) is 22.3 Å². The number of fused-ring (bicyclic) bond motifs is 2. The predicted octanol–water partition coefficient (Wildman–Crippen LogP) is 5.29. The molecule has 4 aromatic rings. The number of nitrogens with one attached hydrogen (secondary N) is 2. The van der Waals surface area contributed by atoms with Crippen molar-refractivity contribution in [3.05, 3.63) is 118 Å². The first-order valence-corrected chi connectivity index (χ1v) is 17.2. The quantitative estimate of drug-likeness (QED) is 0.147. The Bertz CT molecular complexity index is 2240. The van der Waals surface area contributed by atoms with E-state index in [9.17, 15) is 35.5 Å². The lowest BCUT2D eigenvalue weighted by Crippen LogP contribution is -2.19. The summed E-state index contributed by atoms with van der Waals surface area (Å²) in [5, 5.41) is 8.46. The number of ketones is 2. The van der Waals surface area contributed by atoms with Gasteiger partial charge in [0.1, 0.15) is 21.2 Å². The summed E-state index contributed by atoms with van der Waals surface area (Å²) in [5.41, 5.74) is 8.66. The Hall–Kier alpha value is -5.54. The Morgan fingerprint density at radius 1 is 0.542 bits per heavy atom. The first-order valence-electron chi connectivity index (χ1n) is 14.3. The van der Waals surface area contributed by atoms with Crippen LogP contribution < -0.4 is 10.9 Å². The van der Waals surface area contributed by atoms with Crippen molar-refractivity contribution < 1.29 is 35.5 Å². The molecule has 4 aromatic carbocycles. The van der Waals surface area contributed by atoms with Crippen LogP contribution in [0.4, 0.5) is 11.4 Å². The molecule has 242 valence electrons. The SMILES string of the molecule is Cc1cc(-c2cc(C)c(N/N=C3/C(=O)C=Cc4ccccc43)cc2S(=O)(=O)O)c(S(=O)(=O)O)cc1N/N=C1\C(=O)C=Cc2ccccc21. The van der Waals surface area contributed by atoms with E-state index in [1.807, 2.05) is 0 Å². The van der Waals surface area contributed by atoms with Crippen LogP contribution in [0.25, 0.3) is 23.3 Å². The molecule has 0 bridgehead atoms. The maximum absolute atomic E-state index is 12.7. The molecule has 4 N–H and O–H groups in total. The average molecular weight is 683 g/mol. The zero-order valence-corrected chi connectivity index (χ0v) is 26.9. The summed E-state index contributed by atoms with van der Waals surface area (Å²) in [5.74, 6) is -0.766. The minimum Gasteiger partial charge on any atom is -0.287 e. The molecule has 48 heavy (non-hydrogen) atoms. The van der Waals surface area contributed by atoms with Crippen LogP contribution in [0.5, 0.6) is 0 Å². The van der Waals surface area contributed by atoms with Crippen LogP contribution in [-0.4, -0.2) is 48.9 Å². The smallest absolute Gasteiger partial charge is 0.287 e. The van der Waals surface area contributed by atoms with E-state index in [2.05, 4.69) is 21.1 Å². The maximum atomic E-state index is 12.7. The first-order chi connectivity index (χ1) is 22.7. The van der Waals surface area contributed by atoms with E-state index < -0.39 is 30.0 Å². The number of hydrazone groups is 2. The number of rotatable bonds is 7. The van der Waals surface area contributed by atoms with Gasteiger partial charge in [-0.2, -0.15) is 27.0 Å². The van der Waals surface area contributed by atoms with E-state index in [-0.39, 0.29) is 45.5 Å². The lowest BCUT2D eigenvalue weighted by molar-refractivity contribution is -0.109. The predicted molar refractivity (Wildman–Crippen MR) is 182 cm³/mol. The second-order valence-electron chi connectivity index (χ2n) is 11.0. The fourth-order valence-electron chi connectivity index (χ4n) is 5.40. The summed E-state index contributed by atoms with van der Waals surface area (Å²) in [6.07, 6.45) is 6.02. The Kier molecular flexibility index (Phi) is 8.26. The van der Waals surface area contributed by atoms with Crippen LogP contribution in [-0.2, 0) is 29.8 Å². The van der Waals surface area contributed by atoms with E-state index in [0.717, 1.165) is 23.3 Å². The highest BCUT2D eigenvalue weighted by Crippen LogP contribution is 2.39. The second kappa shape index (κ2) is 12.2. The summed E-state index contributed by atoms with van der Waals surface area (Å²) in [4.78, 5) is 23.9. The third-order valence-electron chi connectivity index (χ3n) is 7.80. The van der Waals surface area contributed by atoms with E-state index in [1.54, 1.807) is 74.5 Å². The van der Waals surface area contributed by atoms with Gasteiger partial charge >= 0.3 is 0 Å². The summed E-state index contributed by atoms with van der Waals surface area (Å²) >= 11 is 0. The molecular weight excluding hydrogens is 657 g/mol. The van der Waals surface area contributed by atoms with Gasteiger partial charge in [0.15, 0.2) is 0 Å². The molecule has 0 fully saturated rings. The normalized spacial score (nSPS) is 15.8. The molecule has 0 amide bonds. The largest absolute Gasteiger partial charge is 0.295 e. The average Bonchev–Trinajstić information content (AvgIpc) is 3.03. The number of allylic oxidation sites excluding steroid dienone is 2. The highest BCUT2D eigenvalue weighted by atomic mass is 32.2. The molecule has 0 radical (unpaired) electrons. The highest BCUT2D eigenvalue weighted by molar-refractivity contribution is 7.86. The molecule has 2 aliphatic carbocycles. The van der Waals surface area contributed by atoms with Gasteiger partial charge in [0, 0.05) is 22.3 Å². The van der Waals surface area contributed by atoms with Crippen molar-refractivity contribution >= 4 is 66.8 Å². The molecule has 0 aliphatic heterocycles.